The van der Waals surface area contributed by atoms with Gasteiger partial charge in [-0.3, -0.25) is 14.4 Å². The Morgan fingerprint density at radius 2 is 1.57 bits per heavy atom. The molecule has 0 saturated heterocycles. The van der Waals surface area contributed by atoms with Gasteiger partial charge in [0.05, 0.1) is 0 Å². The molecular formula is C19H16ClF2NO5. The third-order valence-corrected chi connectivity index (χ3v) is 3.79. The molecule has 1 amide bonds. The molecule has 0 spiro atoms. The van der Waals surface area contributed by atoms with E-state index in [1.54, 1.807) is 0 Å². The van der Waals surface area contributed by atoms with Crippen LogP contribution in [0.4, 0.5) is 8.78 Å². The lowest BCUT2D eigenvalue weighted by atomic mass is 10.1. The predicted octanol–water partition coefficient (Wildman–Crippen LogP) is 3.49. The second kappa shape index (κ2) is 9.80. The zero-order valence-corrected chi connectivity index (χ0v) is 15.4. The minimum atomic E-state index is -2.97. The van der Waals surface area contributed by atoms with E-state index < -0.39 is 36.9 Å². The molecule has 0 bridgehead atoms. The van der Waals surface area contributed by atoms with E-state index in [9.17, 15) is 23.2 Å². The monoisotopic (exact) mass is 411 g/mol. The molecule has 6 nitrogen and oxygen atoms in total. The zero-order chi connectivity index (χ0) is 20.7. The number of hydrogen-bond donors (Lipinski definition) is 1. The van der Waals surface area contributed by atoms with Crippen LogP contribution in [0, 0.1) is 0 Å². The Morgan fingerprint density at radius 1 is 1.00 bits per heavy atom. The lowest BCUT2D eigenvalue weighted by molar-refractivity contribution is -0.145. The third-order valence-electron chi connectivity index (χ3n) is 3.54. The number of halogens is 3. The van der Waals surface area contributed by atoms with Gasteiger partial charge in [-0.25, -0.2) is 0 Å². The summed E-state index contributed by atoms with van der Waals surface area (Å²) < 4.78 is 33.4. The summed E-state index contributed by atoms with van der Waals surface area (Å²) in [4.78, 5) is 36.0. The minimum Gasteiger partial charge on any atom is -0.453 e. The van der Waals surface area contributed by atoms with Gasteiger partial charge in [0, 0.05) is 16.1 Å². The second-order valence-electron chi connectivity index (χ2n) is 5.59. The summed E-state index contributed by atoms with van der Waals surface area (Å²) in [7, 11) is 0. The van der Waals surface area contributed by atoms with Crippen LogP contribution in [0.1, 0.15) is 27.6 Å². The number of ketones is 1. The smallest absolute Gasteiger partial charge is 0.387 e. The van der Waals surface area contributed by atoms with Crippen molar-refractivity contribution in [3.8, 4) is 5.75 Å². The van der Waals surface area contributed by atoms with Crippen LogP contribution < -0.4 is 10.1 Å². The molecule has 0 aliphatic heterocycles. The van der Waals surface area contributed by atoms with Crippen molar-refractivity contribution in [1.82, 2.24) is 5.32 Å². The molecule has 0 fully saturated rings. The first kappa shape index (κ1) is 21.3. The van der Waals surface area contributed by atoms with Gasteiger partial charge in [-0.05, 0) is 55.5 Å². The van der Waals surface area contributed by atoms with Gasteiger partial charge in [0.1, 0.15) is 12.3 Å². The van der Waals surface area contributed by atoms with Crippen molar-refractivity contribution in [2.75, 3.05) is 6.54 Å². The van der Waals surface area contributed by atoms with Gasteiger partial charge in [0.15, 0.2) is 6.10 Å². The molecule has 1 N–H and O–H groups in total. The Labute approximate surface area is 164 Å². The van der Waals surface area contributed by atoms with Crippen LogP contribution in [0.5, 0.6) is 5.75 Å². The Balaban J connectivity index is 1.84. The number of nitrogens with one attached hydrogen (secondary N) is 1. The first-order chi connectivity index (χ1) is 13.3. The fraction of sp³-hybridized carbons (Fsp3) is 0.211. The summed E-state index contributed by atoms with van der Waals surface area (Å²) in [5.41, 5.74) is 0.472. The highest BCUT2D eigenvalue weighted by molar-refractivity contribution is 6.30. The Bertz CT molecular complexity index is 840. The number of benzene rings is 2. The molecule has 2 aromatic rings. The van der Waals surface area contributed by atoms with Crippen molar-refractivity contribution >= 4 is 29.3 Å². The molecule has 0 unspecified atom stereocenters. The maximum absolute atomic E-state index is 12.2. The summed E-state index contributed by atoms with van der Waals surface area (Å²) in [5.74, 6) is -1.93. The Morgan fingerprint density at radius 3 is 2.14 bits per heavy atom. The van der Waals surface area contributed by atoms with E-state index in [-0.39, 0.29) is 11.3 Å². The fourth-order valence-electron chi connectivity index (χ4n) is 2.18. The van der Waals surface area contributed by atoms with Crippen molar-refractivity contribution in [2.45, 2.75) is 19.6 Å². The van der Waals surface area contributed by atoms with Crippen LogP contribution >= 0.6 is 11.6 Å². The number of carbonyl (C=O) groups excluding carboxylic acids is 3. The Hall–Kier alpha value is -3.00. The number of Topliss-reactive ketones (excluding diaryl/α,β-unsaturated/α-hetero) is 1. The first-order valence-corrected chi connectivity index (χ1v) is 8.46. The van der Waals surface area contributed by atoms with Crippen molar-refractivity contribution in [1.29, 1.82) is 0 Å². The molecule has 1 atom stereocenters. The number of rotatable bonds is 8. The molecule has 148 valence electrons. The van der Waals surface area contributed by atoms with Crippen LogP contribution in [0.25, 0.3) is 0 Å². The van der Waals surface area contributed by atoms with Crippen molar-refractivity contribution in [3.63, 3.8) is 0 Å². The number of amides is 1. The molecule has 0 radical (unpaired) electrons. The highest BCUT2D eigenvalue weighted by atomic mass is 35.5. The number of hydrogen-bond acceptors (Lipinski definition) is 5. The molecular weight excluding hydrogens is 396 g/mol. The van der Waals surface area contributed by atoms with Crippen molar-refractivity contribution in [2.24, 2.45) is 0 Å². The fourth-order valence-corrected chi connectivity index (χ4v) is 2.31. The average molecular weight is 412 g/mol. The van der Waals surface area contributed by atoms with Gasteiger partial charge in [-0.15, -0.1) is 0 Å². The van der Waals surface area contributed by atoms with Gasteiger partial charge in [-0.1, -0.05) is 11.6 Å². The van der Waals surface area contributed by atoms with E-state index in [1.807, 2.05) is 0 Å². The van der Waals surface area contributed by atoms with Gasteiger partial charge >= 0.3 is 12.6 Å². The molecule has 2 aromatic carbocycles. The molecule has 0 aliphatic rings. The summed E-state index contributed by atoms with van der Waals surface area (Å²) in [6.07, 6.45) is -1.12. The second-order valence-corrected chi connectivity index (χ2v) is 6.03. The van der Waals surface area contributed by atoms with Crippen LogP contribution in [0.15, 0.2) is 48.5 Å². The maximum Gasteiger partial charge on any atom is 0.387 e. The van der Waals surface area contributed by atoms with Crippen LogP contribution in [0.3, 0.4) is 0 Å². The van der Waals surface area contributed by atoms with Crippen LogP contribution in [0.2, 0.25) is 5.02 Å². The molecule has 0 aromatic heterocycles. The average Bonchev–Trinajstić information content (AvgIpc) is 2.66. The summed E-state index contributed by atoms with van der Waals surface area (Å²) in [6.45, 7) is -2.03. The predicted molar refractivity (Wildman–Crippen MR) is 96.7 cm³/mol. The van der Waals surface area contributed by atoms with E-state index in [0.717, 1.165) is 0 Å². The largest absolute Gasteiger partial charge is 0.453 e. The van der Waals surface area contributed by atoms with E-state index in [1.165, 1.54) is 55.5 Å². The highest BCUT2D eigenvalue weighted by Gasteiger charge is 2.20. The Kier molecular flexibility index (Phi) is 7.45. The SMILES string of the molecule is C[C@H](OC(=O)CNC(=O)c1ccc(Cl)cc1)C(=O)c1ccc(OC(F)F)cc1. The van der Waals surface area contributed by atoms with Crippen LogP contribution in [-0.4, -0.2) is 36.9 Å². The number of carbonyl (C=O) groups is 3. The molecule has 0 saturated carbocycles. The lowest BCUT2D eigenvalue weighted by Gasteiger charge is -2.13. The molecule has 0 heterocycles. The number of alkyl halides is 2. The van der Waals surface area contributed by atoms with E-state index in [2.05, 4.69) is 10.1 Å². The minimum absolute atomic E-state index is 0.0962. The van der Waals surface area contributed by atoms with Gasteiger partial charge < -0.3 is 14.8 Å². The number of esters is 1. The van der Waals surface area contributed by atoms with Gasteiger partial charge in [-0.2, -0.15) is 8.78 Å². The summed E-state index contributed by atoms with van der Waals surface area (Å²) in [6, 6.07) is 11.0. The summed E-state index contributed by atoms with van der Waals surface area (Å²) in [5, 5.41) is 2.84. The molecule has 2 rings (SSSR count). The standard InChI is InChI=1S/C19H16ClF2NO5/c1-11(17(25)12-4-8-15(9-5-12)28-19(21)22)27-16(24)10-23-18(26)13-2-6-14(20)7-3-13/h2-9,11,19H,10H2,1H3,(H,23,26)/t11-/m0/s1. The third kappa shape index (κ3) is 6.31. The van der Waals surface area contributed by atoms with Crippen molar-refractivity contribution in [3.05, 3.63) is 64.7 Å². The first-order valence-electron chi connectivity index (χ1n) is 8.08. The van der Waals surface area contributed by atoms with Crippen LogP contribution in [-0.2, 0) is 9.53 Å². The van der Waals surface area contributed by atoms with E-state index in [0.29, 0.717) is 10.6 Å². The quantitative estimate of drug-likeness (QED) is 0.531. The van der Waals surface area contributed by atoms with Gasteiger partial charge in [0.25, 0.3) is 5.91 Å². The van der Waals surface area contributed by atoms with E-state index >= 15 is 0 Å². The van der Waals surface area contributed by atoms with E-state index in [4.69, 9.17) is 16.3 Å². The molecule has 28 heavy (non-hydrogen) atoms. The molecule has 0 aliphatic carbocycles. The normalized spacial score (nSPS) is 11.6. The summed E-state index contributed by atoms with van der Waals surface area (Å²) >= 11 is 5.73. The highest BCUT2D eigenvalue weighted by Crippen LogP contribution is 2.16. The maximum atomic E-state index is 12.2. The number of ether oxygens (including phenoxy) is 2. The van der Waals surface area contributed by atoms with Gasteiger partial charge in [0.2, 0.25) is 5.78 Å². The zero-order valence-electron chi connectivity index (χ0n) is 14.7. The lowest BCUT2D eigenvalue weighted by Crippen LogP contribution is -2.34. The molecule has 9 heteroatoms. The topological polar surface area (TPSA) is 81.7 Å². The van der Waals surface area contributed by atoms with Crippen molar-refractivity contribution < 1.29 is 32.6 Å².